The number of halogens is 3. The monoisotopic (exact) mass is 338 g/mol. The lowest BCUT2D eigenvalue weighted by Crippen LogP contribution is -1.84. The second kappa shape index (κ2) is 5.93. The van der Waals surface area contributed by atoms with E-state index in [0.717, 1.165) is 21.1 Å². The number of rotatable bonds is 3. The van der Waals surface area contributed by atoms with E-state index in [1.165, 1.54) is 6.07 Å². The van der Waals surface area contributed by atoms with Gasteiger partial charge in [0.25, 0.3) is 0 Å². The quantitative estimate of drug-likeness (QED) is 0.759. The van der Waals surface area contributed by atoms with E-state index in [0.29, 0.717) is 5.56 Å². The van der Waals surface area contributed by atoms with Crippen LogP contribution in [0, 0.1) is 5.82 Å². The Morgan fingerprint density at radius 2 is 2.07 bits per heavy atom. The van der Waals surface area contributed by atoms with Crippen molar-refractivity contribution in [1.29, 1.82) is 0 Å². The normalized spacial score (nSPS) is 11.1. The molecular formula is C10H9Br2FS. The van der Waals surface area contributed by atoms with E-state index in [1.54, 1.807) is 6.08 Å². The lowest BCUT2D eigenvalue weighted by atomic mass is 10.2. The highest BCUT2D eigenvalue weighted by molar-refractivity contribution is 9.11. The number of thiol groups is 1. The summed E-state index contributed by atoms with van der Waals surface area (Å²) in [6.07, 6.45) is 4.51. The fourth-order valence-electron chi connectivity index (χ4n) is 0.988. The zero-order valence-corrected chi connectivity index (χ0v) is 11.4. The van der Waals surface area contributed by atoms with Gasteiger partial charge in [-0.3, -0.25) is 0 Å². The summed E-state index contributed by atoms with van der Waals surface area (Å²) in [6.45, 7) is 0. The summed E-state index contributed by atoms with van der Waals surface area (Å²) in [5.74, 6) is 0.536. The Morgan fingerprint density at radius 1 is 1.36 bits per heavy atom. The topological polar surface area (TPSA) is 0 Å². The minimum absolute atomic E-state index is 0.235. The first-order valence-electron chi connectivity index (χ1n) is 4.07. The zero-order chi connectivity index (χ0) is 10.6. The standard InChI is InChI=1S/C10H9Br2FS/c11-7-5-9(12)8(10(13)6-7)3-1-2-4-14/h1,3,5-6,14H,2,4H2. The summed E-state index contributed by atoms with van der Waals surface area (Å²) in [5, 5.41) is 0. The van der Waals surface area contributed by atoms with Crippen LogP contribution in [-0.2, 0) is 0 Å². The number of allylic oxidation sites excluding steroid dienone is 1. The Labute approximate surface area is 105 Å². The molecule has 0 aliphatic carbocycles. The first-order chi connectivity index (χ1) is 6.65. The van der Waals surface area contributed by atoms with Crippen molar-refractivity contribution in [3.05, 3.63) is 38.5 Å². The average Bonchev–Trinajstić information content (AvgIpc) is 2.09. The Bertz CT molecular complexity index is 327. The fourth-order valence-corrected chi connectivity index (χ4v) is 2.44. The van der Waals surface area contributed by atoms with Crippen LogP contribution >= 0.6 is 44.5 Å². The molecule has 0 bridgehead atoms. The molecule has 1 aromatic carbocycles. The molecule has 0 fully saturated rings. The summed E-state index contributed by atoms with van der Waals surface area (Å²) < 4.78 is 14.9. The van der Waals surface area contributed by atoms with Crippen LogP contribution in [0.15, 0.2) is 27.2 Å². The van der Waals surface area contributed by atoms with Crippen molar-refractivity contribution in [2.75, 3.05) is 5.75 Å². The van der Waals surface area contributed by atoms with Gasteiger partial charge in [-0.1, -0.05) is 44.0 Å². The summed E-state index contributed by atoms with van der Waals surface area (Å²) in [5.41, 5.74) is 0.579. The van der Waals surface area contributed by atoms with Crippen molar-refractivity contribution >= 4 is 50.6 Å². The lowest BCUT2D eigenvalue weighted by molar-refractivity contribution is 0.623. The number of hydrogen-bond donors (Lipinski definition) is 1. The summed E-state index contributed by atoms with van der Waals surface area (Å²) in [7, 11) is 0. The Morgan fingerprint density at radius 3 is 2.64 bits per heavy atom. The molecule has 0 spiro atoms. The van der Waals surface area contributed by atoms with E-state index >= 15 is 0 Å². The molecule has 14 heavy (non-hydrogen) atoms. The van der Waals surface area contributed by atoms with Crippen molar-refractivity contribution in [3.8, 4) is 0 Å². The smallest absolute Gasteiger partial charge is 0.132 e. The van der Waals surface area contributed by atoms with Gasteiger partial charge in [-0.15, -0.1) is 0 Å². The second-order valence-corrected chi connectivity index (χ2v) is 4.91. The predicted octanol–water partition coefficient (Wildman–Crippen LogP) is 4.68. The molecule has 4 heteroatoms. The SMILES string of the molecule is Fc1cc(Br)cc(Br)c1C=CCCS. The molecule has 1 aromatic rings. The first kappa shape index (κ1) is 12.3. The molecule has 0 nitrogen and oxygen atoms in total. The minimum atomic E-state index is -0.235. The average molecular weight is 340 g/mol. The first-order valence-corrected chi connectivity index (χ1v) is 6.29. The summed E-state index contributed by atoms with van der Waals surface area (Å²) in [6, 6.07) is 3.27. The summed E-state index contributed by atoms with van der Waals surface area (Å²) >= 11 is 10.6. The zero-order valence-electron chi connectivity index (χ0n) is 7.30. The van der Waals surface area contributed by atoms with Crippen LogP contribution in [0.25, 0.3) is 6.08 Å². The third-order valence-corrected chi connectivity index (χ3v) is 3.00. The van der Waals surface area contributed by atoms with Crippen molar-refractivity contribution in [2.24, 2.45) is 0 Å². The van der Waals surface area contributed by atoms with Crippen LogP contribution in [0.1, 0.15) is 12.0 Å². The highest BCUT2D eigenvalue weighted by Gasteiger charge is 2.04. The Balaban J connectivity index is 2.96. The van der Waals surface area contributed by atoms with Gasteiger partial charge < -0.3 is 0 Å². The van der Waals surface area contributed by atoms with E-state index in [9.17, 15) is 4.39 Å². The van der Waals surface area contributed by atoms with E-state index in [1.807, 2.05) is 12.1 Å². The molecule has 0 aromatic heterocycles. The molecule has 0 atom stereocenters. The van der Waals surface area contributed by atoms with Crippen LogP contribution in [0.2, 0.25) is 0 Å². The fraction of sp³-hybridized carbons (Fsp3) is 0.200. The maximum absolute atomic E-state index is 13.4. The highest BCUT2D eigenvalue weighted by atomic mass is 79.9. The Kier molecular flexibility index (Phi) is 5.20. The van der Waals surface area contributed by atoms with E-state index in [4.69, 9.17) is 0 Å². The summed E-state index contributed by atoms with van der Waals surface area (Å²) in [4.78, 5) is 0. The van der Waals surface area contributed by atoms with Crippen LogP contribution in [0.3, 0.4) is 0 Å². The molecule has 1 rings (SSSR count). The third kappa shape index (κ3) is 3.41. The van der Waals surface area contributed by atoms with Crippen LogP contribution < -0.4 is 0 Å². The highest BCUT2D eigenvalue weighted by Crippen LogP contribution is 2.26. The molecule has 0 amide bonds. The minimum Gasteiger partial charge on any atom is -0.206 e. The van der Waals surface area contributed by atoms with Gasteiger partial charge in [0.1, 0.15) is 5.82 Å². The lowest BCUT2D eigenvalue weighted by Gasteiger charge is -2.01. The maximum Gasteiger partial charge on any atom is 0.132 e. The van der Waals surface area contributed by atoms with E-state index in [2.05, 4.69) is 44.5 Å². The maximum atomic E-state index is 13.4. The molecule has 0 aliphatic heterocycles. The largest absolute Gasteiger partial charge is 0.206 e. The van der Waals surface area contributed by atoms with E-state index in [-0.39, 0.29) is 5.82 Å². The van der Waals surface area contributed by atoms with Crippen LogP contribution in [0.5, 0.6) is 0 Å². The molecule has 0 saturated carbocycles. The van der Waals surface area contributed by atoms with E-state index < -0.39 is 0 Å². The third-order valence-electron chi connectivity index (χ3n) is 1.62. The van der Waals surface area contributed by atoms with Crippen LogP contribution in [-0.4, -0.2) is 5.75 Å². The van der Waals surface area contributed by atoms with Gasteiger partial charge in [-0.2, -0.15) is 12.6 Å². The van der Waals surface area contributed by atoms with Crippen LogP contribution in [0.4, 0.5) is 4.39 Å². The molecule has 76 valence electrons. The molecule has 0 radical (unpaired) electrons. The molecule has 0 aliphatic rings. The van der Waals surface area contributed by atoms with Crippen molar-refractivity contribution in [3.63, 3.8) is 0 Å². The molecule has 0 N–H and O–H groups in total. The van der Waals surface area contributed by atoms with Gasteiger partial charge in [0.05, 0.1) is 0 Å². The second-order valence-electron chi connectivity index (χ2n) is 2.70. The molecule has 0 unspecified atom stereocenters. The van der Waals surface area contributed by atoms with Gasteiger partial charge in [0.2, 0.25) is 0 Å². The van der Waals surface area contributed by atoms with Crippen molar-refractivity contribution in [1.82, 2.24) is 0 Å². The molecule has 0 saturated heterocycles. The predicted molar refractivity (Wildman–Crippen MR) is 69.3 cm³/mol. The van der Waals surface area contributed by atoms with Gasteiger partial charge in [0, 0.05) is 14.5 Å². The number of benzene rings is 1. The van der Waals surface area contributed by atoms with Gasteiger partial charge >= 0.3 is 0 Å². The van der Waals surface area contributed by atoms with Gasteiger partial charge in [-0.25, -0.2) is 4.39 Å². The molecule has 0 heterocycles. The van der Waals surface area contributed by atoms with Gasteiger partial charge in [-0.05, 0) is 24.3 Å². The number of hydrogen-bond acceptors (Lipinski definition) is 1. The Hall–Kier alpha value is 0.200. The van der Waals surface area contributed by atoms with Gasteiger partial charge in [0.15, 0.2) is 0 Å². The molecular weight excluding hydrogens is 331 g/mol. The van der Waals surface area contributed by atoms with Crippen molar-refractivity contribution in [2.45, 2.75) is 6.42 Å². The van der Waals surface area contributed by atoms with Crippen molar-refractivity contribution < 1.29 is 4.39 Å².